The zero-order chi connectivity index (χ0) is 16.3. The molecule has 1 aromatic carbocycles. The number of carboxylic acids is 1. The molecule has 3 rings (SSSR count). The third-order valence-corrected chi connectivity index (χ3v) is 5.28. The molecule has 1 amide bonds. The lowest BCUT2D eigenvalue weighted by atomic mass is 9.72. The largest absolute Gasteiger partial charge is 0.481 e. The highest BCUT2D eigenvalue weighted by atomic mass is 16.4. The number of carbonyl (C=O) groups is 2. The fraction of sp³-hybridized carbons (Fsp3) is 0.474. The highest BCUT2D eigenvalue weighted by Gasteiger charge is 2.44. The van der Waals surface area contributed by atoms with E-state index in [1.807, 2.05) is 35.2 Å². The van der Waals surface area contributed by atoms with Crippen molar-refractivity contribution in [1.82, 2.24) is 4.90 Å². The van der Waals surface area contributed by atoms with Crippen LogP contribution in [0.1, 0.15) is 37.7 Å². The van der Waals surface area contributed by atoms with Crippen LogP contribution in [0.25, 0.3) is 0 Å². The summed E-state index contributed by atoms with van der Waals surface area (Å²) >= 11 is 0. The Bertz CT molecular complexity index is 600. The minimum atomic E-state index is -0.857. The summed E-state index contributed by atoms with van der Waals surface area (Å²) in [6.07, 6.45) is 7.88. The number of piperidine rings is 1. The number of rotatable bonds is 3. The summed E-state index contributed by atoms with van der Waals surface area (Å²) in [5.74, 6) is -0.508. The van der Waals surface area contributed by atoms with Crippen LogP contribution in [0.4, 0.5) is 0 Å². The third kappa shape index (κ3) is 3.03. The summed E-state index contributed by atoms with van der Waals surface area (Å²) in [5, 5.41) is 9.80. The predicted octanol–water partition coefficient (Wildman–Crippen LogP) is 2.99. The summed E-state index contributed by atoms with van der Waals surface area (Å²) < 4.78 is 0. The molecule has 23 heavy (non-hydrogen) atoms. The molecule has 1 aliphatic heterocycles. The Labute approximate surface area is 136 Å². The van der Waals surface area contributed by atoms with Crippen molar-refractivity contribution >= 4 is 11.9 Å². The summed E-state index contributed by atoms with van der Waals surface area (Å²) in [6, 6.07) is 9.43. The number of hydrogen-bond donors (Lipinski definition) is 1. The predicted molar refractivity (Wildman–Crippen MR) is 88.1 cm³/mol. The number of amides is 1. The van der Waals surface area contributed by atoms with Gasteiger partial charge in [0.2, 0.25) is 5.91 Å². The Hall–Kier alpha value is -2.10. The van der Waals surface area contributed by atoms with Gasteiger partial charge in [0.15, 0.2) is 0 Å². The van der Waals surface area contributed by atoms with E-state index in [9.17, 15) is 14.7 Å². The molecule has 1 atom stereocenters. The number of nitrogens with zero attached hydrogens (tertiary/aromatic N) is 1. The first-order valence-corrected chi connectivity index (χ1v) is 8.36. The Morgan fingerprint density at radius 1 is 1.09 bits per heavy atom. The lowest BCUT2D eigenvalue weighted by Gasteiger charge is -2.40. The molecule has 1 aromatic rings. The van der Waals surface area contributed by atoms with E-state index in [1.165, 1.54) is 0 Å². The molecule has 0 radical (unpaired) electrons. The van der Waals surface area contributed by atoms with Gasteiger partial charge in [0.25, 0.3) is 0 Å². The van der Waals surface area contributed by atoms with Crippen LogP contribution in [0.5, 0.6) is 0 Å². The first-order chi connectivity index (χ1) is 11.1. The second-order valence-electron chi connectivity index (χ2n) is 6.56. The second-order valence-corrected chi connectivity index (χ2v) is 6.56. The monoisotopic (exact) mass is 313 g/mol. The molecule has 1 unspecified atom stereocenters. The topological polar surface area (TPSA) is 57.6 Å². The molecular formula is C19H23NO3. The van der Waals surface area contributed by atoms with Crippen molar-refractivity contribution in [1.29, 1.82) is 0 Å². The lowest BCUT2D eigenvalue weighted by molar-refractivity contribution is -0.149. The van der Waals surface area contributed by atoms with E-state index >= 15 is 0 Å². The number of allylic oxidation sites excluding steroid dienone is 2. The van der Waals surface area contributed by atoms with Crippen molar-refractivity contribution in [2.75, 3.05) is 13.1 Å². The van der Waals surface area contributed by atoms with Gasteiger partial charge in [-0.1, -0.05) is 42.5 Å². The summed E-state index contributed by atoms with van der Waals surface area (Å²) in [5.41, 5.74) is -0.00923. The maximum Gasteiger partial charge on any atom is 0.314 e. The molecule has 1 N–H and O–H groups in total. The van der Waals surface area contributed by atoms with Gasteiger partial charge in [0.05, 0.1) is 5.41 Å². The third-order valence-electron chi connectivity index (χ3n) is 5.28. The zero-order valence-corrected chi connectivity index (χ0v) is 13.3. The van der Waals surface area contributed by atoms with Crippen LogP contribution in [0.15, 0.2) is 42.5 Å². The molecule has 0 aromatic heterocycles. The average molecular weight is 313 g/mol. The molecule has 1 aliphatic carbocycles. The van der Waals surface area contributed by atoms with Gasteiger partial charge in [-0.15, -0.1) is 0 Å². The molecule has 122 valence electrons. The quantitative estimate of drug-likeness (QED) is 0.873. The van der Waals surface area contributed by atoms with Gasteiger partial charge in [-0.05, 0) is 37.7 Å². The Morgan fingerprint density at radius 2 is 1.78 bits per heavy atom. The first-order valence-electron chi connectivity index (χ1n) is 8.36. The molecule has 2 aliphatic rings. The van der Waals surface area contributed by atoms with Gasteiger partial charge >= 0.3 is 5.97 Å². The Kier molecular flexibility index (Phi) is 4.51. The van der Waals surface area contributed by atoms with Gasteiger partial charge in [-0.2, -0.15) is 0 Å². The van der Waals surface area contributed by atoms with Crippen molar-refractivity contribution < 1.29 is 14.7 Å². The molecule has 0 bridgehead atoms. The van der Waals surface area contributed by atoms with Gasteiger partial charge < -0.3 is 10.0 Å². The van der Waals surface area contributed by atoms with E-state index in [4.69, 9.17) is 0 Å². The molecule has 1 saturated heterocycles. The van der Waals surface area contributed by atoms with E-state index in [2.05, 4.69) is 12.2 Å². The van der Waals surface area contributed by atoms with Gasteiger partial charge in [-0.25, -0.2) is 0 Å². The molecule has 4 heteroatoms. The fourth-order valence-corrected chi connectivity index (χ4v) is 3.77. The number of aliphatic carboxylic acids is 1. The van der Waals surface area contributed by atoms with E-state index < -0.39 is 11.4 Å². The van der Waals surface area contributed by atoms with E-state index in [0.717, 1.165) is 24.8 Å². The minimum Gasteiger partial charge on any atom is -0.481 e. The lowest BCUT2D eigenvalue weighted by Crippen LogP contribution is -2.50. The maximum absolute atomic E-state index is 12.6. The average Bonchev–Trinajstić information content (AvgIpc) is 2.62. The van der Waals surface area contributed by atoms with Gasteiger partial charge in [0, 0.05) is 19.0 Å². The molecule has 0 spiro atoms. The van der Waals surface area contributed by atoms with Crippen LogP contribution in [0, 0.1) is 5.92 Å². The fourth-order valence-electron chi connectivity index (χ4n) is 3.77. The maximum atomic E-state index is 12.6. The second kappa shape index (κ2) is 6.57. The first kappa shape index (κ1) is 15.8. The SMILES string of the molecule is O=C(C1CC=CCC1)N1CCC(C(=O)O)(c2ccccc2)CC1. The van der Waals surface area contributed by atoms with Crippen LogP contribution in [-0.4, -0.2) is 35.0 Å². The smallest absolute Gasteiger partial charge is 0.314 e. The molecular weight excluding hydrogens is 290 g/mol. The molecule has 1 fully saturated rings. The van der Waals surface area contributed by atoms with E-state index in [1.54, 1.807) is 0 Å². The number of carboxylic acid groups (broad SMARTS) is 1. The number of likely N-dealkylation sites (tertiary alicyclic amines) is 1. The van der Waals surface area contributed by atoms with Gasteiger partial charge in [0.1, 0.15) is 0 Å². The van der Waals surface area contributed by atoms with Gasteiger partial charge in [-0.3, -0.25) is 9.59 Å². The number of benzene rings is 1. The summed E-state index contributed by atoms with van der Waals surface area (Å²) in [6.45, 7) is 1.06. The van der Waals surface area contributed by atoms with Crippen molar-refractivity contribution in [3.8, 4) is 0 Å². The molecule has 0 saturated carbocycles. The van der Waals surface area contributed by atoms with Crippen LogP contribution in [-0.2, 0) is 15.0 Å². The highest BCUT2D eigenvalue weighted by Crippen LogP contribution is 2.36. The summed E-state index contributed by atoms with van der Waals surface area (Å²) in [4.78, 5) is 26.4. The molecule has 4 nitrogen and oxygen atoms in total. The Balaban J connectivity index is 1.72. The van der Waals surface area contributed by atoms with Crippen LogP contribution < -0.4 is 0 Å². The van der Waals surface area contributed by atoms with Crippen molar-refractivity contribution in [2.45, 2.75) is 37.5 Å². The van der Waals surface area contributed by atoms with E-state index in [-0.39, 0.29) is 11.8 Å². The molecule has 1 heterocycles. The van der Waals surface area contributed by atoms with Crippen molar-refractivity contribution in [3.05, 3.63) is 48.0 Å². The van der Waals surface area contributed by atoms with Crippen LogP contribution >= 0.6 is 0 Å². The normalized spacial score (nSPS) is 23.5. The number of hydrogen-bond acceptors (Lipinski definition) is 2. The zero-order valence-electron chi connectivity index (χ0n) is 13.3. The van der Waals surface area contributed by atoms with E-state index in [0.29, 0.717) is 25.9 Å². The Morgan fingerprint density at radius 3 is 2.35 bits per heavy atom. The highest BCUT2D eigenvalue weighted by molar-refractivity contribution is 5.83. The minimum absolute atomic E-state index is 0.0778. The standard InChI is InChI=1S/C19H23NO3/c21-17(15-7-3-1-4-8-15)20-13-11-19(12-14-20,18(22)23)16-9-5-2-6-10-16/h1-3,5-6,9-10,15H,4,7-8,11-14H2,(H,22,23). The van der Waals surface area contributed by atoms with Crippen molar-refractivity contribution in [3.63, 3.8) is 0 Å². The van der Waals surface area contributed by atoms with Crippen LogP contribution in [0.2, 0.25) is 0 Å². The van der Waals surface area contributed by atoms with Crippen LogP contribution in [0.3, 0.4) is 0 Å². The number of carbonyl (C=O) groups excluding carboxylic acids is 1. The van der Waals surface area contributed by atoms with Crippen molar-refractivity contribution in [2.24, 2.45) is 5.92 Å². The summed E-state index contributed by atoms with van der Waals surface area (Å²) in [7, 11) is 0.